The van der Waals surface area contributed by atoms with E-state index in [1.807, 2.05) is 0 Å². The largest absolute Gasteiger partial charge is 0.457 e. The Morgan fingerprint density at radius 3 is 1.23 bits per heavy atom. The van der Waals surface area contributed by atoms with Crippen molar-refractivity contribution in [1.29, 1.82) is 0 Å². The van der Waals surface area contributed by atoms with Crippen LogP contribution in [0.4, 0.5) is 17.1 Å². The number of fused-ring (bicyclic) bond motifs is 21. The SMILES string of the molecule is c1ccc(-n2c3ccccc3c3cc(-c4ccc(N(c5cccc6c5-c5ccccc5C65c6ccccc6Oc6ccccc65)c5cccc6c5-c5ccccc5C65c6ccccc6Oc6ccccc65)cc4)ccc32)cc1. The van der Waals surface area contributed by atoms with Gasteiger partial charge < -0.3 is 18.9 Å². The summed E-state index contributed by atoms with van der Waals surface area (Å²) in [6, 6.07) is 102. The smallest absolute Gasteiger partial charge is 0.132 e. The molecule has 78 heavy (non-hydrogen) atoms. The maximum atomic E-state index is 6.79. The Kier molecular flexibility index (Phi) is 8.94. The standard InChI is InChI=1S/C74H46N2O2/c1-2-20-49(21-3-1)75-63-33-13-6-22-51(63)54-46-48(42-45-64(54)75)47-40-43-50(44-41-47)76(65-34-18-31-61-71(65)52-23-4-7-25-55(52)73(61)57-27-9-14-36-67(57)77-68-37-15-10-28-58(68)73)66-35-19-32-62-72(66)53-24-5-8-26-56(53)74(62)59-29-11-16-38-69(59)78-70-39-17-12-30-60(70)74/h1-46H. The highest BCUT2D eigenvalue weighted by Gasteiger charge is 2.54. The molecule has 2 spiro atoms. The molecule has 4 aliphatic rings. The van der Waals surface area contributed by atoms with Crippen LogP contribution in [0.25, 0.3) is 60.9 Å². The third kappa shape index (κ3) is 5.62. The van der Waals surface area contributed by atoms with Crippen molar-refractivity contribution in [1.82, 2.24) is 4.57 Å². The van der Waals surface area contributed by atoms with E-state index in [9.17, 15) is 0 Å². The average Bonchev–Trinajstić information content (AvgIpc) is 4.03. The number of hydrogen-bond acceptors (Lipinski definition) is 3. The number of aromatic nitrogens is 1. The summed E-state index contributed by atoms with van der Waals surface area (Å²) in [5, 5.41) is 2.46. The van der Waals surface area contributed by atoms with Crippen molar-refractivity contribution in [3.63, 3.8) is 0 Å². The van der Waals surface area contributed by atoms with Crippen LogP contribution in [0.3, 0.4) is 0 Å². The van der Waals surface area contributed by atoms with Gasteiger partial charge in [-0.15, -0.1) is 0 Å². The second kappa shape index (κ2) is 16.2. The highest BCUT2D eigenvalue weighted by molar-refractivity contribution is 6.11. The van der Waals surface area contributed by atoms with Crippen molar-refractivity contribution in [2.45, 2.75) is 10.8 Å². The molecule has 0 bridgehead atoms. The summed E-state index contributed by atoms with van der Waals surface area (Å²) in [4.78, 5) is 2.55. The summed E-state index contributed by atoms with van der Waals surface area (Å²) in [7, 11) is 0. The number of benzene rings is 12. The number of para-hydroxylation sites is 6. The minimum atomic E-state index is -0.643. The fourth-order valence-corrected chi connectivity index (χ4v) is 14.4. The Morgan fingerprint density at radius 1 is 0.295 bits per heavy atom. The quantitative estimate of drug-likeness (QED) is 0.172. The van der Waals surface area contributed by atoms with E-state index in [0.717, 1.165) is 73.6 Å². The number of ether oxygens (including phenoxy) is 2. The average molecular weight is 995 g/mol. The Balaban J connectivity index is 0.928. The Morgan fingerprint density at radius 2 is 0.705 bits per heavy atom. The molecule has 13 aromatic rings. The zero-order valence-corrected chi connectivity index (χ0v) is 42.3. The third-order valence-electron chi connectivity index (χ3n) is 17.3. The molecule has 17 rings (SSSR count). The fourth-order valence-electron chi connectivity index (χ4n) is 14.4. The van der Waals surface area contributed by atoms with E-state index in [1.165, 1.54) is 71.9 Å². The molecule has 4 heteroatoms. The predicted octanol–water partition coefficient (Wildman–Crippen LogP) is 18.9. The molecular formula is C74H46N2O2. The topological polar surface area (TPSA) is 26.6 Å². The molecule has 2 aliphatic carbocycles. The molecule has 4 nitrogen and oxygen atoms in total. The summed E-state index contributed by atoms with van der Waals surface area (Å²) < 4.78 is 16.0. The van der Waals surface area contributed by atoms with E-state index in [1.54, 1.807) is 0 Å². The van der Waals surface area contributed by atoms with Gasteiger partial charge in [-0.1, -0.05) is 200 Å². The minimum absolute atomic E-state index is 0.643. The van der Waals surface area contributed by atoms with Crippen molar-refractivity contribution < 1.29 is 9.47 Å². The minimum Gasteiger partial charge on any atom is -0.457 e. The first-order chi connectivity index (χ1) is 38.7. The van der Waals surface area contributed by atoms with Gasteiger partial charge in [-0.2, -0.15) is 0 Å². The second-order valence-electron chi connectivity index (χ2n) is 21.0. The lowest BCUT2D eigenvalue weighted by Gasteiger charge is -2.40. The van der Waals surface area contributed by atoms with Gasteiger partial charge in [-0.3, -0.25) is 0 Å². The molecule has 0 saturated heterocycles. The van der Waals surface area contributed by atoms with Crippen LogP contribution >= 0.6 is 0 Å². The Bertz CT molecular complexity index is 4360. The van der Waals surface area contributed by atoms with Crippen LogP contribution in [-0.4, -0.2) is 4.57 Å². The lowest BCUT2D eigenvalue weighted by atomic mass is 9.66. The molecule has 0 amide bonds. The number of nitrogens with zero attached hydrogens (tertiary/aromatic N) is 2. The van der Waals surface area contributed by atoms with Crippen LogP contribution in [0.2, 0.25) is 0 Å². The molecule has 0 fully saturated rings. The van der Waals surface area contributed by atoms with Gasteiger partial charge in [-0.25, -0.2) is 0 Å². The van der Waals surface area contributed by atoms with Gasteiger partial charge >= 0.3 is 0 Å². The summed E-state index contributed by atoms with van der Waals surface area (Å²) in [6.07, 6.45) is 0. The first-order valence-corrected chi connectivity index (χ1v) is 26.9. The van der Waals surface area contributed by atoms with E-state index in [-0.39, 0.29) is 0 Å². The molecule has 0 radical (unpaired) electrons. The van der Waals surface area contributed by atoms with Crippen LogP contribution in [0, 0.1) is 0 Å². The van der Waals surface area contributed by atoms with Crippen molar-refractivity contribution >= 4 is 38.9 Å². The van der Waals surface area contributed by atoms with Gasteiger partial charge in [0.05, 0.1) is 33.2 Å². The molecule has 0 unspecified atom stereocenters. The summed E-state index contributed by atoms with van der Waals surface area (Å²) >= 11 is 0. The molecule has 0 atom stereocenters. The Labute approximate surface area is 451 Å². The van der Waals surface area contributed by atoms with Crippen molar-refractivity contribution in [2.24, 2.45) is 0 Å². The van der Waals surface area contributed by atoms with Gasteiger partial charge in [-0.05, 0) is 123 Å². The molecule has 3 heterocycles. The van der Waals surface area contributed by atoms with Crippen LogP contribution < -0.4 is 14.4 Å². The van der Waals surface area contributed by atoms with Gasteiger partial charge in [0.15, 0.2) is 0 Å². The highest BCUT2D eigenvalue weighted by Crippen LogP contribution is 2.67. The summed E-state index contributed by atoms with van der Waals surface area (Å²) in [5.41, 5.74) is 22.1. The van der Waals surface area contributed by atoms with E-state index in [4.69, 9.17) is 9.47 Å². The predicted molar refractivity (Wildman–Crippen MR) is 316 cm³/mol. The molecule has 12 aromatic carbocycles. The maximum absolute atomic E-state index is 6.79. The molecular weight excluding hydrogens is 949 g/mol. The van der Waals surface area contributed by atoms with Gasteiger partial charge in [0.1, 0.15) is 23.0 Å². The Hall–Kier alpha value is -10.2. The van der Waals surface area contributed by atoms with E-state index in [2.05, 4.69) is 289 Å². The molecule has 1 aromatic heterocycles. The van der Waals surface area contributed by atoms with E-state index in [0.29, 0.717) is 0 Å². The third-order valence-corrected chi connectivity index (χ3v) is 17.3. The maximum Gasteiger partial charge on any atom is 0.132 e. The number of rotatable bonds is 5. The van der Waals surface area contributed by atoms with Crippen LogP contribution in [0.5, 0.6) is 23.0 Å². The van der Waals surface area contributed by atoms with E-state index >= 15 is 0 Å². The van der Waals surface area contributed by atoms with Crippen molar-refractivity contribution in [3.8, 4) is 62.1 Å². The molecule has 2 aliphatic heterocycles. The van der Waals surface area contributed by atoms with Crippen LogP contribution in [0.1, 0.15) is 44.5 Å². The second-order valence-corrected chi connectivity index (χ2v) is 21.0. The van der Waals surface area contributed by atoms with Crippen molar-refractivity contribution in [3.05, 3.63) is 324 Å². The number of hydrogen-bond donors (Lipinski definition) is 0. The summed E-state index contributed by atoms with van der Waals surface area (Å²) in [6.45, 7) is 0. The molecule has 364 valence electrons. The lowest BCUT2D eigenvalue weighted by molar-refractivity contribution is 0.436. The monoisotopic (exact) mass is 994 g/mol. The normalized spacial score (nSPS) is 14.1. The zero-order chi connectivity index (χ0) is 51.1. The van der Waals surface area contributed by atoms with Gasteiger partial charge in [0.25, 0.3) is 0 Å². The molecule has 0 N–H and O–H groups in total. The fraction of sp³-hybridized carbons (Fsp3) is 0.0270. The summed E-state index contributed by atoms with van der Waals surface area (Å²) in [5.74, 6) is 3.50. The molecule has 0 saturated carbocycles. The lowest BCUT2D eigenvalue weighted by Crippen LogP contribution is -2.32. The first kappa shape index (κ1) is 43.1. The van der Waals surface area contributed by atoms with Crippen molar-refractivity contribution in [2.75, 3.05) is 4.90 Å². The highest BCUT2D eigenvalue weighted by atomic mass is 16.5. The van der Waals surface area contributed by atoms with Crippen LogP contribution in [-0.2, 0) is 10.8 Å². The van der Waals surface area contributed by atoms with Gasteiger partial charge in [0.2, 0.25) is 0 Å². The van der Waals surface area contributed by atoms with E-state index < -0.39 is 10.8 Å². The van der Waals surface area contributed by atoms with Gasteiger partial charge in [0, 0.05) is 55.5 Å². The first-order valence-electron chi connectivity index (χ1n) is 26.9. The number of anilines is 3. The van der Waals surface area contributed by atoms with Crippen LogP contribution in [0.15, 0.2) is 279 Å². The zero-order valence-electron chi connectivity index (χ0n) is 42.3.